The zero-order chi connectivity index (χ0) is 10.7. The van der Waals surface area contributed by atoms with E-state index < -0.39 is 0 Å². The van der Waals surface area contributed by atoms with Crippen LogP contribution in [0.2, 0.25) is 0 Å². The van der Waals surface area contributed by atoms with E-state index >= 15 is 0 Å². The molecule has 2 aliphatic heterocycles. The van der Waals surface area contributed by atoms with Gasteiger partial charge in [-0.05, 0) is 31.3 Å². The number of rotatable bonds is 3. The van der Waals surface area contributed by atoms with Crippen molar-refractivity contribution in [2.24, 2.45) is 11.8 Å². The molecule has 0 saturated carbocycles. The molecule has 3 heteroatoms. The molecule has 2 unspecified atom stereocenters. The van der Waals surface area contributed by atoms with Gasteiger partial charge in [-0.25, -0.2) is 0 Å². The molecule has 0 aliphatic carbocycles. The lowest BCUT2D eigenvalue weighted by molar-refractivity contribution is 0.157. The Morgan fingerprint density at radius 1 is 1.33 bits per heavy atom. The number of hydrogen-bond donors (Lipinski definition) is 2. The van der Waals surface area contributed by atoms with Crippen LogP contribution in [-0.2, 0) is 0 Å². The van der Waals surface area contributed by atoms with Crippen molar-refractivity contribution in [3.05, 3.63) is 0 Å². The molecule has 2 rings (SSSR count). The second kappa shape index (κ2) is 5.28. The summed E-state index contributed by atoms with van der Waals surface area (Å²) in [5.41, 5.74) is 0. The second-order valence-corrected chi connectivity index (χ2v) is 5.42. The van der Waals surface area contributed by atoms with E-state index in [1.807, 2.05) is 0 Å². The first-order chi connectivity index (χ1) is 7.25. The van der Waals surface area contributed by atoms with Crippen molar-refractivity contribution in [2.45, 2.75) is 26.3 Å². The van der Waals surface area contributed by atoms with Gasteiger partial charge >= 0.3 is 0 Å². The molecular formula is C12H25N3. The quantitative estimate of drug-likeness (QED) is 0.713. The van der Waals surface area contributed by atoms with Crippen LogP contribution in [0.5, 0.6) is 0 Å². The first-order valence-corrected chi connectivity index (χ1v) is 6.42. The molecule has 0 aromatic carbocycles. The predicted octanol–water partition coefficient (Wildman–Crippen LogP) is 0.526. The first kappa shape index (κ1) is 11.4. The van der Waals surface area contributed by atoms with Crippen LogP contribution >= 0.6 is 0 Å². The number of nitrogens with zero attached hydrogens (tertiary/aromatic N) is 1. The van der Waals surface area contributed by atoms with Gasteiger partial charge in [-0.2, -0.15) is 0 Å². The van der Waals surface area contributed by atoms with E-state index in [1.165, 1.54) is 45.7 Å². The normalized spacial score (nSPS) is 33.8. The van der Waals surface area contributed by atoms with Crippen molar-refractivity contribution in [1.82, 2.24) is 15.5 Å². The van der Waals surface area contributed by atoms with E-state index in [9.17, 15) is 0 Å². The van der Waals surface area contributed by atoms with Crippen LogP contribution in [-0.4, -0.2) is 50.2 Å². The maximum atomic E-state index is 3.62. The molecule has 2 fully saturated rings. The van der Waals surface area contributed by atoms with E-state index in [2.05, 4.69) is 29.4 Å². The Kier molecular flexibility index (Phi) is 4.00. The van der Waals surface area contributed by atoms with Gasteiger partial charge in [-0.3, -0.25) is 0 Å². The minimum Gasteiger partial charge on any atom is -0.316 e. The topological polar surface area (TPSA) is 27.3 Å². The highest BCUT2D eigenvalue weighted by molar-refractivity contribution is 4.83. The van der Waals surface area contributed by atoms with E-state index in [-0.39, 0.29) is 0 Å². The first-order valence-electron chi connectivity index (χ1n) is 6.42. The average Bonchev–Trinajstić information content (AvgIpc) is 2.71. The fraction of sp³-hybridized carbons (Fsp3) is 1.00. The SMILES string of the molecule is CC(C)C1CN(CC2CCNC2)CCN1. The molecule has 2 aliphatic rings. The fourth-order valence-corrected chi connectivity index (χ4v) is 2.69. The summed E-state index contributed by atoms with van der Waals surface area (Å²) in [6.45, 7) is 12.0. The van der Waals surface area contributed by atoms with Gasteiger partial charge in [0.15, 0.2) is 0 Å². The Labute approximate surface area is 93.6 Å². The van der Waals surface area contributed by atoms with Gasteiger partial charge in [-0.15, -0.1) is 0 Å². The summed E-state index contributed by atoms with van der Waals surface area (Å²) in [6, 6.07) is 0.702. The molecule has 88 valence electrons. The summed E-state index contributed by atoms with van der Waals surface area (Å²) in [7, 11) is 0. The third kappa shape index (κ3) is 3.16. The summed E-state index contributed by atoms with van der Waals surface area (Å²) in [4.78, 5) is 2.65. The van der Waals surface area contributed by atoms with Gasteiger partial charge in [0.1, 0.15) is 0 Å². The molecule has 0 radical (unpaired) electrons. The lowest BCUT2D eigenvalue weighted by Gasteiger charge is -2.36. The molecule has 2 atom stereocenters. The molecule has 2 saturated heterocycles. The smallest absolute Gasteiger partial charge is 0.0218 e. The van der Waals surface area contributed by atoms with Crippen LogP contribution in [0, 0.1) is 11.8 Å². The third-order valence-corrected chi connectivity index (χ3v) is 3.77. The highest BCUT2D eigenvalue weighted by Crippen LogP contribution is 2.13. The molecule has 15 heavy (non-hydrogen) atoms. The van der Waals surface area contributed by atoms with E-state index in [4.69, 9.17) is 0 Å². The maximum Gasteiger partial charge on any atom is 0.0218 e. The minimum absolute atomic E-state index is 0.702. The second-order valence-electron chi connectivity index (χ2n) is 5.42. The molecule has 0 spiro atoms. The number of hydrogen-bond acceptors (Lipinski definition) is 3. The Hall–Kier alpha value is -0.120. The van der Waals surface area contributed by atoms with Crippen molar-refractivity contribution in [1.29, 1.82) is 0 Å². The molecule has 0 aromatic heterocycles. The summed E-state index contributed by atoms with van der Waals surface area (Å²) in [5.74, 6) is 1.66. The largest absolute Gasteiger partial charge is 0.316 e. The number of piperazine rings is 1. The molecular weight excluding hydrogens is 186 g/mol. The molecule has 0 aromatic rings. The van der Waals surface area contributed by atoms with Gasteiger partial charge in [0, 0.05) is 32.2 Å². The molecule has 0 bridgehead atoms. The third-order valence-electron chi connectivity index (χ3n) is 3.77. The predicted molar refractivity (Wildman–Crippen MR) is 64.0 cm³/mol. The van der Waals surface area contributed by atoms with Gasteiger partial charge in [0.2, 0.25) is 0 Å². The lowest BCUT2D eigenvalue weighted by atomic mass is 10.0. The average molecular weight is 211 g/mol. The van der Waals surface area contributed by atoms with Crippen LogP contribution in [0.1, 0.15) is 20.3 Å². The highest BCUT2D eigenvalue weighted by atomic mass is 15.2. The Balaban J connectivity index is 1.76. The van der Waals surface area contributed by atoms with Crippen LogP contribution in [0.25, 0.3) is 0 Å². The summed E-state index contributed by atoms with van der Waals surface area (Å²) < 4.78 is 0. The summed E-state index contributed by atoms with van der Waals surface area (Å²) in [5, 5.41) is 7.07. The van der Waals surface area contributed by atoms with Gasteiger partial charge in [0.25, 0.3) is 0 Å². The Morgan fingerprint density at radius 3 is 2.87 bits per heavy atom. The van der Waals surface area contributed by atoms with Crippen LogP contribution in [0.3, 0.4) is 0 Å². The van der Waals surface area contributed by atoms with Crippen molar-refractivity contribution < 1.29 is 0 Å². The maximum absolute atomic E-state index is 3.62. The summed E-state index contributed by atoms with van der Waals surface area (Å²) >= 11 is 0. The fourth-order valence-electron chi connectivity index (χ4n) is 2.69. The highest BCUT2D eigenvalue weighted by Gasteiger charge is 2.24. The monoisotopic (exact) mass is 211 g/mol. The van der Waals surface area contributed by atoms with E-state index in [1.54, 1.807) is 0 Å². The number of nitrogens with one attached hydrogen (secondary N) is 2. The van der Waals surface area contributed by atoms with Crippen LogP contribution < -0.4 is 10.6 Å². The standard InChI is InChI=1S/C12H25N3/c1-10(2)12-9-15(6-5-14-12)8-11-3-4-13-7-11/h10-14H,3-9H2,1-2H3. The van der Waals surface area contributed by atoms with Gasteiger partial charge < -0.3 is 15.5 Å². The molecule has 0 amide bonds. The Morgan fingerprint density at radius 2 is 2.20 bits per heavy atom. The Bertz CT molecular complexity index is 185. The molecule has 3 nitrogen and oxygen atoms in total. The zero-order valence-electron chi connectivity index (χ0n) is 10.1. The van der Waals surface area contributed by atoms with Gasteiger partial charge in [-0.1, -0.05) is 13.8 Å². The van der Waals surface area contributed by atoms with Crippen LogP contribution in [0.15, 0.2) is 0 Å². The van der Waals surface area contributed by atoms with Crippen molar-refractivity contribution in [3.8, 4) is 0 Å². The lowest BCUT2D eigenvalue weighted by Crippen LogP contribution is -2.53. The van der Waals surface area contributed by atoms with E-state index in [0.717, 1.165) is 11.8 Å². The van der Waals surface area contributed by atoms with Crippen molar-refractivity contribution in [2.75, 3.05) is 39.3 Å². The van der Waals surface area contributed by atoms with Gasteiger partial charge in [0.05, 0.1) is 0 Å². The zero-order valence-corrected chi connectivity index (χ0v) is 10.1. The van der Waals surface area contributed by atoms with Crippen LogP contribution in [0.4, 0.5) is 0 Å². The van der Waals surface area contributed by atoms with Crippen molar-refractivity contribution in [3.63, 3.8) is 0 Å². The summed E-state index contributed by atoms with van der Waals surface area (Å²) in [6.07, 6.45) is 1.37. The molecule has 2 N–H and O–H groups in total. The molecule has 2 heterocycles. The van der Waals surface area contributed by atoms with Crippen molar-refractivity contribution >= 4 is 0 Å². The van der Waals surface area contributed by atoms with E-state index in [0.29, 0.717) is 6.04 Å². The minimum atomic E-state index is 0.702.